The molecule has 0 unspecified atom stereocenters. The van der Waals surface area contributed by atoms with Crippen LogP contribution in [0.3, 0.4) is 0 Å². The second-order valence-electron chi connectivity index (χ2n) is 4.38. The highest BCUT2D eigenvalue weighted by molar-refractivity contribution is 5.55. The predicted octanol–water partition coefficient (Wildman–Crippen LogP) is 2.04. The largest absolute Gasteiger partial charge is 0.320 e. The summed E-state index contributed by atoms with van der Waals surface area (Å²) in [4.78, 5) is 4.52. The lowest BCUT2D eigenvalue weighted by Gasteiger charge is -2.07. The molecule has 102 valence electrons. The van der Waals surface area contributed by atoms with Gasteiger partial charge in [0.15, 0.2) is 0 Å². The number of nitrogens with one attached hydrogen (secondary N) is 1. The van der Waals surface area contributed by atoms with Crippen LogP contribution in [0.5, 0.6) is 0 Å². The summed E-state index contributed by atoms with van der Waals surface area (Å²) < 4.78 is 1.79. The molecule has 2 heterocycles. The van der Waals surface area contributed by atoms with Crippen molar-refractivity contribution in [3.8, 4) is 0 Å². The van der Waals surface area contributed by atoms with E-state index >= 15 is 0 Å². The minimum atomic E-state index is 0.539. The van der Waals surface area contributed by atoms with Crippen molar-refractivity contribution in [2.24, 2.45) is 7.05 Å². The molecule has 0 radical (unpaired) electrons. The highest BCUT2D eigenvalue weighted by atomic mass is 15.3. The molecule has 0 spiro atoms. The zero-order valence-corrected chi connectivity index (χ0v) is 11.9. The van der Waals surface area contributed by atoms with Gasteiger partial charge in [0.25, 0.3) is 0 Å². The number of nitrogens with zero attached hydrogens (tertiary/aromatic N) is 5. The van der Waals surface area contributed by atoms with Gasteiger partial charge in [-0.1, -0.05) is 20.8 Å². The second kappa shape index (κ2) is 5.77. The van der Waals surface area contributed by atoms with E-state index in [4.69, 9.17) is 0 Å². The molecule has 0 atom stereocenters. The second-order valence-corrected chi connectivity index (χ2v) is 4.38. The van der Waals surface area contributed by atoms with E-state index in [0.717, 1.165) is 42.0 Å². The fourth-order valence-electron chi connectivity index (χ4n) is 2.01. The molecule has 6 nitrogen and oxygen atoms in total. The summed E-state index contributed by atoms with van der Waals surface area (Å²) >= 11 is 0. The molecule has 0 fully saturated rings. The summed E-state index contributed by atoms with van der Waals surface area (Å²) in [6, 6.07) is 0. The van der Waals surface area contributed by atoms with E-state index in [9.17, 15) is 0 Å². The summed E-state index contributed by atoms with van der Waals surface area (Å²) in [5, 5.41) is 15.9. The van der Waals surface area contributed by atoms with Crippen molar-refractivity contribution in [3.05, 3.63) is 23.3 Å². The third-order valence-corrected chi connectivity index (χ3v) is 3.00. The monoisotopic (exact) mass is 260 g/mol. The average Bonchev–Trinajstić information content (AvgIpc) is 2.78. The van der Waals surface area contributed by atoms with Gasteiger partial charge >= 0.3 is 0 Å². The first-order valence-corrected chi connectivity index (χ1v) is 6.69. The van der Waals surface area contributed by atoms with Crippen molar-refractivity contribution >= 4 is 11.6 Å². The minimum absolute atomic E-state index is 0.539. The molecule has 0 saturated heterocycles. The molecule has 6 heteroatoms. The highest BCUT2D eigenvalue weighted by Gasteiger charge is 2.10. The van der Waals surface area contributed by atoms with Crippen molar-refractivity contribution in [2.45, 2.75) is 40.0 Å². The first-order valence-electron chi connectivity index (χ1n) is 6.69. The standard InChI is InChI=1S/C13H20N6/c1-5-9-10(6-2)16-17-13(14-9)15-12-8-19(4)18-11(12)7-3/h8H,5-7H2,1-4H3,(H,14,15,17). The lowest BCUT2D eigenvalue weighted by atomic mass is 10.2. The molecule has 0 amide bonds. The first-order chi connectivity index (χ1) is 9.17. The third kappa shape index (κ3) is 2.89. The molecule has 0 aliphatic carbocycles. The zero-order chi connectivity index (χ0) is 13.8. The van der Waals surface area contributed by atoms with Crippen LogP contribution < -0.4 is 5.32 Å². The minimum Gasteiger partial charge on any atom is -0.320 e. The van der Waals surface area contributed by atoms with Crippen LogP contribution in [-0.2, 0) is 26.3 Å². The Bertz CT molecular complexity index is 560. The topological polar surface area (TPSA) is 68.5 Å². The highest BCUT2D eigenvalue weighted by Crippen LogP contribution is 2.18. The normalized spacial score (nSPS) is 10.7. The van der Waals surface area contributed by atoms with Gasteiger partial charge in [0.2, 0.25) is 5.95 Å². The number of aromatic nitrogens is 5. The Kier molecular flexibility index (Phi) is 4.09. The number of aryl methyl sites for hydroxylation is 4. The Morgan fingerprint density at radius 3 is 2.32 bits per heavy atom. The number of hydrogen-bond donors (Lipinski definition) is 1. The zero-order valence-electron chi connectivity index (χ0n) is 11.9. The van der Waals surface area contributed by atoms with Gasteiger partial charge in [0.1, 0.15) is 0 Å². The van der Waals surface area contributed by atoms with E-state index in [1.54, 1.807) is 4.68 Å². The molecule has 0 aromatic carbocycles. The van der Waals surface area contributed by atoms with Gasteiger partial charge in [0, 0.05) is 13.2 Å². The van der Waals surface area contributed by atoms with Crippen molar-refractivity contribution in [1.29, 1.82) is 0 Å². The van der Waals surface area contributed by atoms with Gasteiger partial charge in [-0.15, -0.1) is 10.2 Å². The Morgan fingerprint density at radius 1 is 1.00 bits per heavy atom. The number of anilines is 2. The molecule has 0 aliphatic rings. The van der Waals surface area contributed by atoms with E-state index in [0.29, 0.717) is 5.95 Å². The van der Waals surface area contributed by atoms with Crippen LogP contribution in [0.25, 0.3) is 0 Å². The molecular formula is C13H20N6. The Hall–Kier alpha value is -1.98. The summed E-state index contributed by atoms with van der Waals surface area (Å²) in [5.74, 6) is 0.539. The maximum Gasteiger partial charge on any atom is 0.247 e. The molecule has 0 aliphatic heterocycles. The smallest absolute Gasteiger partial charge is 0.247 e. The summed E-state index contributed by atoms with van der Waals surface area (Å²) in [6.07, 6.45) is 4.52. The quantitative estimate of drug-likeness (QED) is 0.891. The lowest BCUT2D eigenvalue weighted by molar-refractivity contribution is 0.746. The first kappa shape index (κ1) is 13.5. The van der Waals surface area contributed by atoms with Crippen LogP contribution in [0.4, 0.5) is 11.6 Å². The van der Waals surface area contributed by atoms with Gasteiger partial charge in [-0.05, 0) is 19.3 Å². The molecule has 2 aromatic heterocycles. The van der Waals surface area contributed by atoms with Gasteiger partial charge < -0.3 is 5.32 Å². The molecule has 1 N–H and O–H groups in total. The van der Waals surface area contributed by atoms with Gasteiger partial charge in [-0.2, -0.15) is 5.10 Å². The molecule has 0 saturated carbocycles. The fourth-order valence-corrected chi connectivity index (χ4v) is 2.01. The molecular weight excluding hydrogens is 240 g/mol. The summed E-state index contributed by atoms with van der Waals surface area (Å²) in [7, 11) is 1.90. The van der Waals surface area contributed by atoms with Crippen LogP contribution in [-0.4, -0.2) is 25.0 Å². The van der Waals surface area contributed by atoms with Crippen LogP contribution in [0.15, 0.2) is 6.20 Å². The van der Waals surface area contributed by atoms with Gasteiger partial charge in [-0.3, -0.25) is 4.68 Å². The van der Waals surface area contributed by atoms with Crippen LogP contribution in [0, 0.1) is 0 Å². The predicted molar refractivity (Wildman–Crippen MR) is 74.5 cm³/mol. The maximum atomic E-state index is 4.52. The molecule has 0 bridgehead atoms. The lowest BCUT2D eigenvalue weighted by Crippen LogP contribution is -2.07. The van der Waals surface area contributed by atoms with E-state index in [-0.39, 0.29) is 0 Å². The Labute approximate surface area is 113 Å². The van der Waals surface area contributed by atoms with E-state index < -0.39 is 0 Å². The number of hydrogen-bond acceptors (Lipinski definition) is 5. The van der Waals surface area contributed by atoms with Crippen molar-refractivity contribution < 1.29 is 0 Å². The molecule has 19 heavy (non-hydrogen) atoms. The summed E-state index contributed by atoms with van der Waals surface area (Å²) in [6.45, 7) is 6.22. The van der Waals surface area contributed by atoms with Gasteiger partial charge in [0.05, 0.1) is 22.8 Å². The van der Waals surface area contributed by atoms with Crippen molar-refractivity contribution in [3.63, 3.8) is 0 Å². The van der Waals surface area contributed by atoms with Gasteiger partial charge in [-0.25, -0.2) is 4.98 Å². The van der Waals surface area contributed by atoms with Crippen LogP contribution >= 0.6 is 0 Å². The molecule has 2 rings (SSSR count). The molecule has 2 aromatic rings. The number of rotatable bonds is 5. The fraction of sp³-hybridized carbons (Fsp3) is 0.538. The van der Waals surface area contributed by atoms with Crippen LogP contribution in [0.2, 0.25) is 0 Å². The van der Waals surface area contributed by atoms with Crippen molar-refractivity contribution in [2.75, 3.05) is 5.32 Å². The Balaban J connectivity index is 2.27. The maximum absolute atomic E-state index is 4.52. The average molecular weight is 260 g/mol. The SMILES string of the molecule is CCc1nn(C)cc1Nc1nnc(CC)c(CC)n1. The van der Waals surface area contributed by atoms with E-state index in [1.807, 2.05) is 13.2 Å². The van der Waals surface area contributed by atoms with Crippen LogP contribution in [0.1, 0.15) is 37.9 Å². The third-order valence-electron chi connectivity index (χ3n) is 3.00. The van der Waals surface area contributed by atoms with E-state index in [1.165, 1.54) is 0 Å². The van der Waals surface area contributed by atoms with Crippen molar-refractivity contribution in [1.82, 2.24) is 25.0 Å². The summed E-state index contributed by atoms with van der Waals surface area (Å²) in [5.41, 5.74) is 3.92. The Morgan fingerprint density at radius 2 is 1.68 bits per heavy atom. The van der Waals surface area contributed by atoms with E-state index in [2.05, 4.69) is 46.4 Å².